The van der Waals surface area contributed by atoms with Crippen LogP contribution in [0.5, 0.6) is 5.75 Å². The average Bonchev–Trinajstić information content (AvgIpc) is 2.42. The Labute approximate surface area is 109 Å². The lowest BCUT2D eigenvalue weighted by Gasteiger charge is -2.34. The molecule has 0 aromatic heterocycles. The van der Waals surface area contributed by atoms with Gasteiger partial charge in [-0.25, -0.2) is 0 Å². The first-order chi connectivity index (χ1) is 8.85. The van der Waals surface area contributed by atoms with Crippen molar-refractivity contribution in [1.82, 2.24) is 10.2 Å². The Bertz CT molecular complexity index is 364. The first kappa shape index (κ1) is 13.3. The highest BCUT2D eigenvalue weighted by Crippen LogP contribution is 2.23. The third-order valence-electron chi connectivity index (χ3n) is 3.37. The first-order valence-electron chi connectivity index (χ1n) is 6.72. The second-order valence-corrected chi connectivity index (χ2v) is 4.54. The van der Waals surface area contributed by atoms with Crippen LogP contribution in [0.4, 0.5) is 0 Å². The highest BCUT2D eigenvalue weighted by molar-refractivity contribution is 5.31. The zero-order chi connectivity index (χ0) is 12.8. The lowest BCUT2D eigenvalue weighted by atomic mass is 10.0. The van der Waals surface area contributed by atoms with Crippen molar-refractivity contribution < 1.29 is 4.74 Å². The number of nitrogens with zero attached hydrogens (tertiary/aromatic N) is 1. The molecule has 1 heterocycles. The van der Waals surface area contributed by atoms with Gasteiger partial charge in [-0.2, -0.15) is 0 Å². The van der Waals surface area contributed by atoms with Gasteiger partial charge < -0.3 is 15.8 Å². The van der Waals surface area contributed by atoms with E-state index in [0.717, 1.165) is 31.9 Å². The fourth-order valence-corrected chi connectivity index (χ4v) is 2.47. The smallest absolute Gasteiger partial charge is 0.119 e. The van der Waals surface area contributed by atoms with Crippen molar-refractivity contribution >= 4 is 0 Å². The van der Waals surface area contributed by atoms with Gasteiger partial charge in [-0.05, 0) is 24.6 Å². The van der Waals surface area contributed by atoms with Crippen molar-refractivity contribution in [2.45, 2.75) is 13.0 Å². The molecule has 1 aliphatic heterocycles. The van der Waals surface area contributed by atoms with Gasteiger partial charge in [0.25, 0.3) is 0 Å². The lowest BCUT2D eigenvalue weighted by Crippen LogP contribution is -2.46. The van der Waals surface area contributed by atoms with Crippen molar-refractivity contribution in [3.05, 3.63) is 29.8 Å². The Kier molecular flexibility index (Phi) is 4.99. The maximum Gasteiger partial charge on any atom is 0.119 e. The fourth-order valence-electron chi connectivity index (χ4n) is 2.47. The Balaban J connectivity index is 2.12. The molecule has 1 fully saturated rings. The number of benzene rings is 1. The summed E-state index contributed by atoms with van der Waals surface area (Å²) in [4.78, 5) is 2.45. The average molecular weight is 249 g/mol. The summed E-state index contributed by atoms with van der Waals surface area (Å²) in [7, 11) is 0. The van der Waals surface area contributed by atoms with Crippen LogP contribution >= 0.6 is 0 Å². The van der Waals surface area contributed by atoms with Crippen molar-refractivity contribution in [2.24, 2.45) is 5.73 Å². The van der Waals surface area contributed by atoms with Crippen LogP contribution < -0.4 is 15.8 Å². The molecule has 4 heteroatoms. The summed E-state index contributed by atoms with van der Waals surface area (Å²) in [5, 5.41) is 3.37. The van der Waals surface area contributed by atoms with Crippen LogP contribution in [-0.4, -0.2) is 44.2 Å². The predicted octanol–water partition coefficient (Wildman–Crippen LogP) is 0.990. The largest absolute Gasteiger partial charge is 0.494 e. The van der Waals surface area contributed by atoms with Crippen molar-refractivity contribution in [3.8, 4) is 5.75 Å². The molecule has 0 amide bonds. The van der Waals surface area contributed by atoms with Gasteiger partial charge in [0.2, 0.25) is 0 Å². The Hall–Kier alpha value is -1.10. The van der Waals surface area contributed by atoms with Gasteiger partial charge in [-0.1, -0.05) is 12.1 Å². The van der Waals surface area contributed by atoms with Gasteiger partial charge in [-0.3, -0.25) is 4.90 Å². The minimum Gasteiger partial charge on any atom is -0.494 e. The number of hydrogen-bond acceptors (Lipinski definition) is 4. The van der Waals surface area contributed by atoms with E-state index in [1.54, 1.807) is 0 Å². The molecule has 1 aliphatic rings. The Morgan fingerprint density at radius 3 is 2.83 bits per heavy atom. The lowest BCUT2D eigenvalue weighted by molar-refractivity contribution is 0.177. The van der Waals surface area contributed by atoms with E-state index in [0.29, 0.717) is 19.2 Å². The minimum absolute atomic E-state index is 0.299. The molecular formula is C14H23N3O. The van der Waals surface area contributed by atoms with Crippen molar-refractivity contribution in [2.75, 3.05) is 39.3 Å². The standard InChI is InChI=1S/C14H23N3O/c1-2-18-13-5-3-4-12(10-13)14(11-15)17-8-6-16-7-9-17/h3-5,10,14,16H,2,6-9,11,15H2,1H3. The van der Waals surface area contributed by atoms with E-state index < -0.39 is 0 Å². The molecule has 1 aromatic rings. The second kappa shape index (κ2) is 6.73. The van der Waals surface area contributed by atoms with Crippen LogP contribution in [-0.2, 0) is 0 Å². The number of ether oxygens (including phenoxy) is 1. The van der Waals surface area contributed by atoms with Gasteiger partial charge in [0.05, 0.1) is 6.61 Å². The maximum atomic E-state index is 5.96. The van der Waals surface area contributed by atoms with Crippen LogP contribution in [0.2, 0.25) is 0 Å². The van der Waals surface area contributed by atoms with E-state index in [4.69, 9.17) is 10.5 Å². The van der Waals surface area contributed by atoms with E-state index >= 15 is 0 Å². The van der Waals surface area contributed by atoms with Crippen LogP contribution in [0.25, 0.3) is 0 Å². The molecule has 0 spiro atoms. The fraction of sp³-hybridized carbons (Fsp3) is 0.571. The van der Waals surface area contributed by atoms with E-state index in [-0.39, 0.29) is 0 Å². The molecule has 0 radical (unpaired) electrons. The monoisotopic (exact) mass is 249 g/mol. The summed E-state index contributed by atoms with van der Waals surface area (Å²) >= 11 is 0. The molecule has 2 rings (SSSR count). The van der Waals surface area contributed by atoms with Crippen molar-refractivity contribution in [1.29, 1.82) is 0 Å². The minimum atomic E-state index is 0.299. The number of hydrogen-bond donors (Lipinski definition) is 2. The molecule has 0 bridgehead atoms. The van der Waals surface area contributed by atoms with Crippen LogP contribution in [0.1, 0.15) is 18.5 Å². The summed E-state index contributed by atoms with van der Waals surface area (Å²) in [5.41, 5.74) is 7.21. The molecule has 1 atom stereocenters. The molecule has 0 aliphatic carbocycles. The van der Waals surface area contributed by atoms with Crippen LogP contribution in [0, 0.1) is 0 Å². The van der Waals surface area contributed by atoms with Gasteiger partial charge in [0.15, 0.2) is 0 Å². The van der Waals surface area contributed by atoms with E-state index in [1.807, 2.05) is 19.1 Å². The molecule has 18 heavy (non-hydrogen) atoms. The molecule has 1 aromatic carbocycles. The maximum absolute atomic E-state index is 5.96. The summed E-state index contributed by atoms with van der Waals surface area (Å²) in [6.45, 7) is 7.55. The molecule has 1 unspecified atom stereocenters. The Morgan fingerprint density at radius 2 is 2.17 bits per heavy atom. The quantitative estimate of drug-likeness (QED) is 0.817. The molecule has 1 saturated heterocycles. The molecule has 3 N–H and O–H groups in total. The highest BCUT2D eigenvalue weighted by atomic mass is 16.5. The van der Waals surface area contributed by atoms with Gasteiger partial charge in [-0.15, -0.1) is 0 Å². The number of piperazine rings is 1. The zero-order valence-electron chi connectivity index (χ0n) is 11.1. The zero-order valence-corrected chi connectivity index (χ0v) is 11.1. The van der Waals surface area contributed by atoms with Gasteiger partial charge >= 0.3 is 0 Å². The topological polar surface area (TPSA) is 50.5 Å². The second-order valence-electron chi connectivity index (χ2n) is 4.54. The van der Waals surface area contributed by atoms with E-state index in [9.17, 15) is 0 Å². The van der Waals surface area contributed by atoms with Crippen molar-refractivity contribution in [3.63, 3.8) is 0 Å². The summed E-state index contributed by atoms with van der Waals surface area (Å²) < 4.78 is 5.56. The molecule has 0 saturated carbocycles. The number of rotatable bonds is 5. The molecule has 4 nitrogen and oxygen atoms in total. The third-order valence-corrected chi connectivity index (χ3v) is 3.37. The predicted molar refractivity (Wildman–Crippen MR) is 73.8 cm³/mol. The van der Waals surface area contributed by atoms with E-state index in [2.05, 4.69) is 22.3 Å². The van der Waals surface area contributed by atoms with Crippen LogP contribution in [0.15, 0.2) is 24.3 Å². The molecular weight excluding hydrogens is 226 g/mol. The van der Waals surface area contributed by atoms with Gasteiger partial charge in [0.1, 0.15) is 5.75 Å². The number of nitrogens with one attached hydrogen (secondary N) is 1. The summed E-state index contributed by atoms with van der Waals surface area (Å²) in [6.07, 6.45) is 0. The third kappa shape index (κ3) is 3.22. The van der Waals surface area contributed by atoms with E-state index in [1.165, 1.54) is 5.56 Å². The summed E-state index contributed by atoms with van der Waals surface area (Å²) in [6, 6.07) is 8.60. The van der Waals surface area contributed by atoms with Gasteiger partial charge in [0, 0.05) is 38.8 Å². The summed E-state index contributed by atoms with van der Waals surface area (Å²) in [5.74, 6) is 0.934. The SMILES string of the molecule is CCOc1cccc(C(CN)N2CCNCC2)c1. The highest BCUT2D eigenvalue weighted by Gasteiger charge is 2.20. The Morgan fingerprint density at radius 1 is 1.39 bits per heavy atom. The molecule has 100 valence electrons. The first-order valence-corrected chi connectivity index (χ1v) is 6.72. The normalized spacial score (nSPS) is 18.6. The van der Waals surface area contributed by atoms with Crippen LogP contribution in [0.3, 0.4) is 0 Å². The number of nitrogens with two attached hydrogens (primary N) is 1.